The van der Waals surface area contributed by atoms with Crippen LogP contribution in [0.25, 0.3) is 0 Å². The molecule has 1 aromatic carbocycles. The Morgan fingerprint density at radius 1 is 1.33 bits per heavy atom. The van der Waals surface area contributed by atoms with E-state index in [1.54, 1.807) is 0 Å². The molecule has 1 atom stereocenters. The minimum absolute atomic E-state index is 0.132. The van der Waals surface area contributed by atoms with Gasteiger partial charge in [-0.1, -0.05) is 0 Å². The van der Waals surface area contributed by atoms with E-state index in [0.717, 1.165) is 6.54 Å². The lowest BCUT2D eigenvalue weighted by Crippen LogP contribution is -2.43. The molecule has 1 aliphatic heterocycles. The monoisotopic (exact) mass is 260 g/mol. The molecule has 0 spiro atoms. The minimum Gasteiger partial charge on any atom is -0.378 e. The Morgan fingerprint density at radius 2 is 2.00 bits per heavy atom. The van der Waals surface area contributed by atoms with Gasteiger partial charge in [-0.2, -0.15) is 0 Å². The second kappa shape index (κ2) is 5.58. The number of anilines is 1. The fraction of sp³-hybridized carbons (Fsp3) is 0.500. The SMILES string of the molecule is CN1CCOC(CNc2c(F)cc(F)cc2F)C1. The highest BCUT2D eigenvalue weighted by atomic mass is 19.1. The van der Waals surface area contributed by atoms with Crippen molar-refractivity contribution < 1.29 is 17.9 Å². The standard InChI is InChI=1S/C12H15F3N2O/c1-17-2-3-18-9(7-17)6-16-12-10(14)4-8(13)5-11(12)15/h4-5,9,16H,2-3,6-7H2,1H3. The summed E-state index contributed by atoms with van der Waals surface area (Å²) in [5.74, 6) is -2.79. The van der Waals surface area contributed by atoms with Gasteiger partial charge in [-0.05, 0) is 7.05 Å². The molecule has 1 N–H and O–H groups in total. The van der Waals surface area contributed by atoms with Gasteiger partial charge in [0.05, 0.1) is 12.7 Å². The number of morpholine rings is 1. The van der Waals surface area contributed by atoms with Crippen LogP contribution in [-0.4, -0.2) is 44.3 Å². The Labute approximate surface area is 104 Å². The average molecular weight is 260 g/mol. The topological polar surface area (TPSA) is 24.5 Å². The third-order valence-corrected chi connectivity index (χ3v) is 2.86. The highest BCUT2D eigenvalue weighted by Crippen LogP contribution is 2.20. The van der Waals surface area contributed by atoms with Crippen molar-refractivity contribution in [2.24, 2.45) is 0 Å². The van der Waals surface area contributed by atoms with Crippen molar-refractivity contribution in [3.05, 3.63) is 29.6 Å². The minimum atomic E-state index is -0.934. The van der Waals surface area contributed by atoms with Gasteiger partial charge >= 0.3 is 0 Å². The van der Waals surface area contributed by atoms with E-state index in [2.05, 4.69) is 10.2 Å². The van der Waals surface area contributed by atoms with Gasteiger partial charge in [-0.25, -0.2) is 13.2 Å². The summed E-state index contributed by atoms with van der Waals surface area (Å²) in [5, 5.41) is 2.63. The molecule has 1 heterocycles. The fourth-order valence-electron chi connectivity index (χ4n) is 1.92. The second-order valence-electron chi connectivity index (χ2n) is 4.38. The summed E-state index contributed by atoms with van der Waals surface area (Å²) >= 11 is 0. The fourth-order valence-corrected chi connectivity index (χ4v) is 1.92. The number of likely N-dealkylation sites (N-methyl/N-ethyl adjacent to an activating group) is 1. The smallest absolute Gasteiger partial charge is 0.152 e. The number of hydrogen-bond donors (Lipinski definition) is 1. The molecule has 0 aliphatic carbocycles. The van der Waals surface area contributed by atoms with E-state index in [0.29, 0.717) is 25.3 Å². The summed E-state index contributed by atoms with van der Waals surface area (Å²) in [4.78, 5) is 2.08. The maximum atomic E-state index is 13.3. The molecule has 1 aromatic rings. The summed E-state index contributed by atoms with van der Waals surface area (Å²) in [5.41, 5.74) is -0.312. The van der Waals surface area contributed by atoms with E-state index in [1.807, 2.05) is 7.05 Å². The summed E-state index contributed by atoms with van der Waals surface area (Å²) < 4.78 is 44.9. The van der Waals surface area contributed by atoms with Crippen LogP contribution >= 0.6 is 0 Å². The number of ether oxygens (including phenoxy) is 1. The third kappa shape index (κ3) is 3.14. The van der Waals surface area contributed by atoms with Crippen LogP contribution in [0.1, 0.15) is 0 Å². The zero-order valence-corrected chi connectivity index (χ0v) is 10.0. The first-order valence-electron chi connectivity index (χ1n) is 5.75. The molecule has 1 fully saturated rings. The van der Waals surface area contributed by atoms with Gasteiger partial charge in [0.1, 0.15) is 11.5 Å². The number of nitrogens with zero attached hydrogens (tertiary/aromatic N) is 1. The molecular formula is C12H15F3N2O. The molecule has 6 heteroatoms. The molecule has 3 nitrogen and oxygen atoms in total. The summed E-state index contributed by atoms with van der Waals surface area (Å²) in [6, 6.07) is 1.30. The van der Waals surface area contributed by atoms with E-state index < -0.39 is 17.5 Å². The Hall–Kier alpha value is -1.27. The normalized spacial score (nSPS) is 21.0. The Morgan fingerprint density at radius 3 is 2.61 bits per heavy atom. The molecule has 0 bridgehead atoms. The van der Waals surface area contributed by atoms with Gasteiger partial charge in [0.15, 0.2) is 11.6 Å². The van der Waals surface area contributed by atoms with Gasteiger partial charge in [-0.15, -0.1) is 0 Å². The van der Waals surface area contributed by atoms with Gasteiger partial charge in [0.2, 0.25) is 0 Å². The van der Waals surface area contributed by atoms with Crippen LogP contribution in [0.4, 0.5) is 18.9 Å². The Balaban J connectivity index is 1.97. The quantitative estimate of drug-likeness (QED) is 0.897. The lowest BCUT2D eigenvalue weighted by atomic mass is 10.2. The van der Waals surface area contributed by atoms with E-state index in [4.69, 9.17) is 4.74 Å². The zero-order valence-electron chi connectivity index (χ0n) is 10.0. The number of rotatable bonds is 3. The molecular weight excluding hydrogens is 245 g/mol. The third-order valence-electron chi connectivity index (χ3n) is 2.86. The van der Waals surface area contributed by atoms with Gasteiger partial charge in [-0.3, -0.25) is 0 Å². The molecule has 0 aromatic heterocycles. The molecule has 2 rings (SSSR count). The molecule has 1 unspecified atom stereocenters. The van der Waals surface area contributed by atoms with Crippen LogP contribution in [0.5, 0.6) is 0 Å². The number of hydrogen-bond acceptors (Lipinski definition) is 3. The molecule has 0 amide bonds. The number of halogens is 3. The van der Waals surface area contributed by atoms with Crippen LogP contribution in [0, 0.1) is 17.5 Å². The predicted molar refractivity (Wildman–Crippen MR) is 62.0 cm³/mol. The zero-order chi connectivity index (χ0) is 13.1. The highest BCUT2D eigenvalue weighted by molar-refractivity contribution is 5.46. The van der Waals surface area contributed by atoms with Crippen LogP contribution in [0.15, 0.2) is 12.1 Å². The van der Waals surface area contributed by atoms with Crippen molar-refractivity contribution >= 4 is 5.69 Å². The molecule has 1 aliphatic rings. The maximum absolute atomic E-state index is 13.3. The average Bonchev–Trinajstić information content (AvgIpc) is 2.27. The van der Waals surface area contributed by atoms with E-state index >= 15 is 0 Å². The van der Waals surface area contributed by atoms with Crippen molar-refractivity contribution in [3.8, 4) is 0 Å². The van der Waals surface area contributed by atoms with Crippen molar-refractivity contribution in [1.29, 1.82) is 0 Å². The molecule has 1 saturated heterocycles. The van der Waals surface area contributed by atoms with Gasteiger partial charge in [0, 0.05) is 31.8 Å². The number of benzene rings is 1. The number of nitrogens with one attached hydrogen (secondary N) is 1. The first-order chi connectivity index (χ1) is 8.56. The second-order valence-corrected chi connectivity index (χ2v) is 4.38. The molecule has 18 heavy (non-hydrogen) atoms. The predicted octanol–water partition coefficient (Wildman–Crippen LogP) is 1.85. The van der Waals surface area contributed by atoms with E-state index in [-0.39, 0.29) is 18.3 Å². The lowest BCUT2D eigenvalue weighted by Gasteiger charge is -2.30. The summed E-state index contributed by atoms with van der Waals surface area (Å²) in [7, 11) is 1.95. The van der Waals surface area contributed by atoms with Gasteiger partial charge in [0.25, 0.3) is 0 Å². The van der Waals surface area contributed by atoms with Crippen LogP contribution in [-0.2, 0) is 4.74 Å². The molecule has 0 saturated carbocycles. The Bertz CT molecular complexity index is 405. The van der Waals surface area contributed by atoms with Gasteiger partial charge < -0.3 is 15.0 Å². The molecule has 0 radical (unpaired) electrons. The van der Waals surface area contributed by atoms with Crippen LogP contribution < -0.4 is 5.32 Å². The summed E-state index contributed by atoms with van der Waals surface area (Å²) in [6.07, 6.45) is -0.132. The highest BCUT2D eigenvalue weighted by Gasteiger charge is 2.19. The van der Waals surface area contributed by atoms with Crippen molar-refractivity contribution in [3.63, 3.8) is 0 Å². The van der Waals surface area contributed by atoms with E-state index in [1.165, 1.54) is 0 Å². The van der Waals surface area contributed by atoms with Crippen LogP contribution in [0.2, 0.25) is 0 Å². The first-order valence-corrected chi connectivity index (χ1v) is 5.75. The Kier molecular flexibility index (Phi) is 4.08. The van der Waals surface area contributed by atoms with Crippen molar-refractivity contribution in [2.45, 2.75) is 6.10 Å². The first kappa shape index (κ1) is 13.2. The maximum Gasteiger partial charge on any atom is 0.152 e. The lowest BCUT2D eigenvalue weighted by molar-refractivity contribution is -0.0117. The van der Waals surface area contributed by atoms with Crippen molar-refractivity contribution in [1.82, 2.24) is 4.90 Å². The van der Waals surface area contributed by atoms with Crippen molar-refractivity contribution in [2.75, 3.05) is 38.6 Å². The largest absolute Gasteiger partial charge is 0.378 e. The molecule has 100 valence electrons. The van der Waals surface area contributed by atoms with Crippen LogP contribution in [0.3, 0.4) is 0 Å². The van der Waals surface area contributed by atoms with E-state index in [9.17, 15) is 13.2 Å². The summed E-state index contributed by atoms with van der Waals surface area (Å²) in [6.45, 7) is 2.41.